The van der Waals surface area contributed by atoms with Crippen LogP contribution in [0.15, 0.2) is 48.5 Å². The van der Waals surface area contributed by atoms with E-state index < -0.39 is 0 Å². The highest BCUT2D eigenvalue weighted by Crippen LogP contribution is 2.18. The average molecular weight is 289 g/mol. The topological polar surface area (TPSA) is 9.23 Å². The lowest BCUT2D eigenvalue weighted by molar-refractivity contribution is 0.414. The predicted molar refractivity (Wildman–Crippen MR) is 85.8 cm³/mol. The summed E-state index contributed by atoms with van der Waals surface area (Å²) in [6.45, 7) is 2.12. The highest BCUT2D eigenvalue weighted by atomic mass is 35.5. The van der Waals surface area contributed by atoms with Crippen LogP contribution in [0.3, 0.4) is 0 Å². The van der Waals surface area contributed by atoms with Crippen LogP contribution in [0.25, 0.3) is 0 Å². The summed E-state index contributed by atoms with van der Waals surface area (Å²) in [6.07, 6.45) is 2.90. The van der Waals surface area contributed by atoms with Crippen molar-refractivity contribution in [3.05, 3.63) is 65.2 Å². The maximum atomic E-state index is 6.46. The second-order valence-corrected chi connectivity index (χ2v) is 5.80. The Bertz CT molecular complexity index is 551. The second kappa shape index (κ2) is 7.35. The summed E-state index contributed by atoms with van der Waals surface area (Å²) in [5.41, 5.74) is 3.90. The van der Waals surface area contributed by atoms with Gasteiger partial charge < -0.3 is 4.74 Å². The Morgan fingerprint density at radius 1 is 1.05 bits per heavy atom. The highest BCUT2D eigenvalue weighted by Gasteiger charge is 2.07. The van der Waals surface area contributed by atoms with Gasteiger partial charge in [-0.1, -0.05) is 42.0 Å². The number of ether oxygens (including phenoxy) is 1. The van der Waals surface area contributed by atoms with Crippen molar-refractivity contribution >= 4 is 11.6 Å². The third-order valence-electron chi connectivity index (χ3n) is 3.42. The van der Waals surface area contributed by atoms with Gasteiger partial charge in [0.15, 0.2) is 0 Å². The largest absolute Gasteiger partial charge is 0.497 e. The lowest BCUT2D eigenvalue weighted by atomic mass is 10.0. The Morgan fingerprint density at radius 3 is 2.55 bits per heavy atom. The molecule has 106 valence electrons. The van der Waals surface area contributed by atoms with Gasteiger partial charge in [-0.15, -0.1) is 11.6 Å². The molecule has 0 aliphatic rings. The predicted octanol–water partition coefficient (Wildman–Crippen LogP) is 4.79. The van der Waals surface area contributed by atoms with Crippen LogP contribution in [0.5, 0.6) is 5.75 Å². The summed E-state index contributed by atoms with van der Waals surface area (Å²) in [4.78, 5) is 0. The first kappa shape index (κ1) is 14.9. The van der Waals surface area contributed by atoms with Gasteiger partial charge in [0.2, 0.25) is 0 Å². The Balaban J connectivity index is 1.87. The lowest BCUT2D eigenvalue weighted by Crippen LogP contribution is -2.05. The van der Waals surface area contributed by atoms with Crippen LogP contribution in [-0.2, 0) is 12.8 Å². The first-order valence-corrected chi connectivity index (χ1v) is 7.43. The first-order valence-electron chi connectivity index (χ1n) is 7.00. The van der Waals surface area contributed by atoms with Crippen LogP contribution in [0.1, 0.15) is 23.1 Å². The molecule has 0 radical (unpaired) electrons. The molecule has 2 rings (SSSR count). The van der Waals surface area contributed by atoms with Crippen molar-refractivity contribution < 1.29 is 4.74 Å². The molecule has 2 aromatic carbocycles. The molecular weight excluding hydrogens is 268 g/mol. The summed E-state index contributed by atoms with van der Waals surface area (Å²) in [5.74, 6) is 0.894. The van der Waals surface area contributed by atoms with Crippen molar-refractivity contribution in [3.8, 4) is 5.75 Å². The zero-order valence-corrected chi connectivity index (χ0v) is 12.9. The molecule has 0 heterocycles. The van der Waals surface area contributed by atoms with Crippen molar-refractivity contribution in [2.45, 2.75) is 31.6 Å². The van der Waals surface area contributed by atoms with Gasteiger partial charge in [0, 0.05) is 5.38 Å². The molecule has 20 heavy (non-hydrogen) atoms. The molecular formula is C18H21ClO. The summed E-state index contributed by atoms with van der Waals surface area (Å²) in [6, 6.07) is 16.8. The summed E-state index contributed by atoms with van der Waals surface area (Å²) in [5, 5.41) is 0.155. The fourth-order valence-electron chi connectivity index (χ4n) is 2.35. The molecule has 2 heteroatoms. The molecule has 1 nitrogen and oxygen atoms in total. The average Bonchev–Trinajstić information content (AvgIpc) is 2.45. The van der Waals surface area contributed by atoms with E-state index in [0.717, 1.165) is 25.0 Å². The first-order chi connectivity index (χ1) is 9.67. The van der Waals surface area contributed by atoms with E-state index in [-0.39, 0.29) is 5.38 Å². The normalized spacial score (nSPS) is 12.2. The van der Waals surface area contributed by atoms with Crippen LogP contribution < -0.4 is 4.74 Å². The minimum Gasteiger partial charge on any atom is -0.497 e. The standard InChI is InChI=1S/C18H21ClO/c1-14-5-3-6-15(11-14)9-10-17(19)12-16-7-4-8-18(13-16)20-2/h3-8,11,13,17H,9-10,12H2,1-2H3. The molecule has 1 atom stereocenters. The SMILES string of the molecule is COc1cccc(CC(Cl)CCc2cccc(C)c2)c1. The Labute approximate surface area is 126 Å². The number of halogens is 1. The van der Waals surface area contributed by atoms with E-state index in [4.69, 9.17) is 16.3 Å². The molecule has 0 spiro atoms. The van der Waals surface area contributed by atoms with Gasteiger partial charge in [-0.05, 0) is 49.4 Å². The van der Waals surface area contributed by atoms with Gasteiger partial charge in [-0.25, -0.2) is 0 Å². The molecule has 0 amide bonds. The van der Waals surface area contributed by atoms with E-state index in [9.17, 15) is 0 Å². The van der Waals surface area contributed by atoms with E-state index in [1.54, 1.807) is 7.11 Å². The van der Waals surface area contributed by atoms with Crippen LogP contribution in [-0.4, -0.2) is 12.5 Å². The van der Waals surface area contributed by atoms with E-state index in [0.29, 0.717) is 0 Å². The maximum absolute atomic E-state index is 6.46. The van der Waals surface area contributed by atoms with E-state index in [2.05, 4.69) is 43.3 Å². The number of alkyl halides is 1. The maximum Gasteiger partial charge on any atom is 0.119 e. The number of aryl methyl sites for hydroxylation is 2. The second-order valence-electron chi connectivity index (χ2n) is 5.18. The van der Waals surface area contributed by atoms with Crippen LogP contribution >= 0.6 is 11.6 Å². The van der Waals surface area contributed by atoms with Crippen molar-refractivity contribution in [3.63, 3.8) is 0 Å². The van der Waals surface area contributed by atoms with Gasteiger partial charge in [0.1, 0.15) is 5.75 Å². The third kappa shape index (κ3) is 4.57. The van der Waals surface area contributed by atoms with Crippen molar-refractivity contribution in [1.29, 1.82) is 0 Å². The monoisotopic (exact) mass is 288 g/mol. The Morgan fingerprint density at radius 2 is 1.80 bits per heavy atom. The summed E-state index contributed by atoms with van der Waals surface area (Å²) >= 11 is 6.46. The van der Waals surface area contributed by atoms with E-state index >= 15 is 0 Å². The molecule has 0 N–H and O–H groups in total. The number of rotatable bonds is 6. The molecule has 1 unspecified atom stereocenters. The van der Waals surface area contributed by atoms with Gasteiger partial charge in [0.05, 0.1) is 7.11 Å². The Hall–Kier alpha value is -1.47. The van der Waals surface area contributed by atoms with Gasteiger partial charge in [0.25, 0.3) is 0 Å². The number of benzene rings is 2. The fraction of sp³-hybridized carbons (Fsp3) is 0.333. The molecule has 0 saturated heterocycles. The third-order valence-corrected chi connectivity index (χ3v) is 3.79. The van der Waals surface area contributed by atoms with Crippen LogP contribution in [0, 0.1) is 6.92 Å². The highest BCUT2D eigenvalue weighted by molar-refractivity contribution is 6.20. The number of methoxy groups -OCH3 is 1. The molecule has 0 saturated carbocycles. The Kier molecular flexibility index (Phi) is 5.49. The quantitative estimate of drug-likeness (QED) is 0.695. The summed E-state index contributed by atoms with van der Waals surface area (Å²) < 4.78 is 5.24. The minimum absolute atomic E-state index is 0.155. The van der Waals surface area contributed by atoms with Gasteiger partial charge in [-0.2, -0.15) is 0 Å². The van der Waals surface area contributed by atoms with Crippen LogP contribution in [0.4, 0.5) is 0 Å². The fourth-order valence-corrected chi connectivity index (χ4v) is 2.64. The molecule has 0 aromatic heterocycles. The zero-order valence-electron chi connectivity index (χ0n) is 12.1. The molecule has 0 fully saturated rings. The van der Waals surface area contributed by atoms with Crippen molar-refractivity contribution in [2.24, 2.45) is 0 Å². The minimum atomic E-state index is 0.155. The van der Waals surface area contributed by atoms with Crippen LogP contribution in [0.2, 0.25) is 0 Å². The van der Waals surface area contributed by atoms with Crippen molar-refractivity contribution in [1.82, 2.24) is 0 Å². The molecule has 0 bridgehead atoms. The molecule has 0 aliphatic carbocycles. The number of hydrogen-bond acceptors (Lipinski definition) is 1. The van der Waals surface area contributed by atoms with Gasteiger partial charge in [-0.3, -0.25) is 0 Å². The molecule has 0 aliphatic heterocycles. The zero-order chi connectivity index (χ0) is 14.4. The smallest absolute Gasteiger partial charge is 0.119 e. The lowest BCUT2D eigenvalue weighted by Gasteiger charge is -2.11. The van der Waals surface area contributed by atoms with E-state index in [1.807, 2.05) is 12.1 Å². The number of hydrogen-bond donors (Lipinski definition) is 0. The summed E-state index contributed by atoms with van der Waals surface area (Å²) in [7, 11) is 1.69. The molecule has 2 aromatic rings. The van der Waals surface area contributed by atoms with Gasteiger partial charge >= 0.3 is 0 Å². The van der Waals surface area contributed by atoms with E-state index in [1.165, 1.54) is 16.7 Å². The van der Waals surface area contributed by atoms with Crippen molar-refractivity contribution in [2.75, 3.05) is 7.11 Å².